The van der Waals surface area contributed by atoms with Crippen LogP contribution >= 0.6 is 0 Å². The van der Waals surface area contributed by atoms with Gasteiger partial charge in [-0.15, -0.1) is 0 Å². The third-order valence-electron chi connectivity index (χ3n) is 2.32. The number of aromatic nitrogens is 2. The van der Waals surface area contributed by atoms with Crippen LogP contribution in [0.15, 0.2) is 17.6 Å². The first kappa shape index (κ1) is 10.6. The van der Waals surface area contributed by atoms with E-state index in [0.717, 1.165) is 0 Å². The highest BCUT2D eigenvalue weighted by Crippen LogP contribution is 2.26. The topological polar surface area (TPSA) is 75.4 Å². The Morgan fingerprint density at radius 3 is 2.53 bits per heavy atom. The molecule has 1 N–H and O–H groups in total. The lowest BCUT2D eigenvalue weighted by atomic mass is 10.0. The van der Waals surface area contributed by atoms with Gasteiger partial charge in [0.05, 0.1) is 11.9 Å². The van der Waals surface area contributed by atoms with Crippen molar-refractivity contribution in [2.75, 3.05) is 13.1 Å². The summed E-state index contributed by atoms with van der Waals surface area (Å²) >= 11 is 0. The first-order valence-corrected chi connectivity index (χ1v) is 5.96. The van der Waals surface area contributed by atoms with Gasteiger partial charge in [-0.2, -0.15) is 4.31 Å². The van der Waals surface area contributed by atoms with Gasteiger partial charge in [0.2, 0.25) is 0 Å². The molecule has 0 saturated carbocycles. The van der Waals surface area contributed by atoms with Crippen molar-refractivity contribution in [2.45, 2.75) is 17.6 Å². The number of β-amino-alcohol motifs (C(OH)–C–C–N with tert-alkyl or cyclic N) is 1. The number of rotatable bonds is 2. The van der Waals surface area contributed by atoms with E-state index in [1.807, 2.05) is 0 Å². The lowest BCUT2D eigenvalue weighted by Crippen LogP contribution is -2.61. The van der Waals surface area contributed by atoms with Crippen LogP contribution < -0.4 is 0 Å². The fourth-order valence-corrected chi connectivity index (χ4v) is 3.18. The Bertz CT molecular complexity index is 469. The van der Waals surface area contributed by atoms with Gasteiger partial charge in [0, 0.05) is 26.3 Å². The highest BCUT2D eigenvalue weighted by molar-refractivity contribution is 7.89. The van der Waals surface area contributed by atoms with Gasteiger partial charge in [0.1, 0.15) is 0 Å². The normalized spacial score (nSPS) is 21.3. The predicted octanol–water partition coefficient (Wildman–Crippen LogP) is -0.825. The Balaban J connectivity index is 2.23. The maximum atomic E-state index is 11.9. The van der Waals surface area contributed by atoms with E-state index in [2.05, 4.69) is 4.98 Å². The van der Waals surface area contributed by atoms with Gasteiger partial charge >= 0.3 is 0 Å². The second kappa shape index (κ2) is 3.03. The molecule has 7 heteroatoms. The molecule has 1 fully saturated rings. The molecule has 1 aromatic rings. The molecule has 1 aliphatic rings. The zero-order chi connectivity index (χ0) is 11.3. The highest BCUT2D eigenvalue weighted by Gasteiger charge is 2.44. The van der Waals surface area contributed by atoms with Crippen molar-refractivity contribution in [3.05, 3.63) is 12.5 Å². The Kier molecular flexibility index (Phi) is 2.14. The monoisotopic (exact) mass is 231 g/mol. The summed E-state index contributed by atoms with van der Waals surface area (Å²) in [6.45, 7) is 1.87. The molecular formula is C8H13N3O3S. The van der Waals surface area contributed by atoms with Gasteiger partial charge in [0.25, 0.3) is 10.0 Å². The summed E-state index contributed by atoms with van der Waals surface area (Å²) in [5.74, 6) is 0. The predicted molar refractivity (Wildman–Crippen MR) is 52.6 cm³/mol. The lowest BCUT2D eigenvalue weighted by molar-refractivity contribution is -0.0427. The Morgan fingerprint density at radius 2 is 2.13 bits per heavy atom. The highest BCUT2D eigenvalue weighted by atomic mass is 32.2. The van der Waals surface area contributed by atoms with Crippen LogP contribution in [-0.2, 0) is 17.1 Å². The number of hydrogen-bond donors (Lipinski definition) is 1. The largest absolute Gasteiger partial charge is 0.387 e. The fourth-order valence-electron chi connectivity index (χ4n) is 1.54. The van der Waals surface area contributed by atoms with Crippen LogP contribution in [0, 0.1) is 0 Å². The van der Waals surface area contributed by atoms with Crippen LogP contribution in [0.2, 0.25) is 0 Å². The zero-order valence-electron chi connectivity index (χ0n) is 8.58. The van der Waals surface area contributed by atoms with Gasteiger partial charge in [-0.25, -0.2) is 13.4 Å². The van der Waals surface area contributed by atoms with Gasteiger partial charge < -0.3 is 9.67 Å². The number of aryl methyl sites for hydroxylation is 1. The molecule has 0 atom stereocenters. The van der Waals surface area contributed by atoms with E-state index in [0.29, 0.717) is 0 Å². The van der Waals surface area contributed by atoms with Crippen molar-refractivity contribution >= 4 is 10.0 Å². The van der Waals surface area contributed by atoms with E-state index in [-0.39, 0.29) is 18.1 Å². The number of imidazole rings is 1. The zero-order valence-corrected chi connectivity index (χ0v) is 9.40. The average molecular weight is 231 g/mol. The van der Waals surface area contributed by atoms with Crippen molar-refractivity contribution in [3.63, 3.8) is 0 Å². The van der Waals surface area contributed by atoms with E-state index < -0.39 is 15.6 Å². The van der Waals surface area contributed by atoms with E-state index >= 15 is 0 Å². The molecule has 0 radical (unpaired) electrons. The minimum absolute atomic E-state index is 0.0282. The molecule has 0 bridgehead atoms. The maximum Gasteiger partial charge on any atom is 0.262 e. The standard InChI is InChI=1S/C8H13N3O3S/c1-8(12)4-11(5-8)15(13,14)7-3-10(2)6-9-7/h3,6,12H,4-5H2,1-2H3. The van der Waals surface area contributed by atoms with Crippen molar-refractivity contribution in [1.29, 1.82) is 0 Å². The smallest absolute Gasteiger partial charge is 0.262 e. The van der Waals surface area contributed by atoms with Crippen molar-refractivity contribution in [2.24, 2.45) is 7.05 Å². The summed E-state index contributed by atoms with van der Waals surface area (Å²) in [7, 11) is -1.80. The third kappa shape index (κ3) is 1.77. The summed E-state index contributed by atoms with van der Waals surface area (Å²) < 4.78 is 26.5. The second-order valence-corrected chi connectivity index (χ2v) is 6.03. The SMILES string of the molecule is Cn1cnc(S(=O)(=O)N2CC(C)(O)C2)c1. The fraction of sp³-hybridized carbons (Fsp3) is 0.625. The van der Waals surface area contributed by atoms with Crippen LogP contribution in [0.1, 0.15) is 6.92 Å². The minimum atomic E-state index is -3.51. The molecule has 2 heterocycles. The summed E-state index contributed by atoms with van der Waals surface area (Å²) in [4.78, 5) is 3.79. The molecule has 0 aliphatic carbocycles. The van der Waals surface area contributed by atoms with Crippen molar-refractivity contribution < 1.29 is 13.5 Å². The Labute approximate surface area is 88.2 Å². The molecule has 15 heavy (non-hydrogen) atoms. The molecule has 0 unspecified atom stereocenters. The summed E-state index contributed by atoms with van der Waals surface area (Å²) in [5, 5.41) is 9.50. The minimum Gasteiger partial charge on any atom is -0.387 e. The van der Waals surface area contributed by atoms with Crippen molar-refractivity contribution in [3.8, 4) is 0 Å². The first-order chi connectivity index (χ1) is 6.81. The molecule has 0 spiro atoms. The summed E-state index contributed by atoms with van der Waals surface area (Å²) in [5.41, 5.74) is -0.901. The van der Waals surface area contributed by atoms with E-state index in [1.54, 1.807) is 18.5 Å². The molecular weight excluding hydrogens is 218 g/mol. The van der Waals surface area contributed by atoms with Crippen LogP contribution in [0.4, 0.5) is 0 Å². The van der Waals surface area contributed by atoms with Gasteiger partial charge in [-0.05, 0) is 6.92 Å². The maximum absolute atomic E-state index is 11.9. The molecule has 1 saturated heterocycles. The molecule has 2 rings (SSSR count). The first-order valence-electron chi connectivity index (χ1n) is 4.52. The summed E-state index contributed by atoms with van der Waals surface area (Å²) in [6.07, 6.45) is 2.88. The van der Waals surface area contributed by atoms with Crippen LogP contribution in [0.3, 0.4) is 0 Å². The van der Waals surface area contributed by atoms with Crippen molar-refractivity contribution in [1.82, 2.24) is 13.9 Å². The number of aliphatic hydroxyl groups is 1. The number of nitrogens with zero attached hydrogens (tertiary/aromatic N) is 3. The molecule has 0 amide bonds. The third-order valence-corrected chi connectivity index (χ3v) is 4.00. The Morgan fingerprint density at radius 1 is 1.53 bits per heavy atom. The number of sulfonamides is 1. The summed E-state index contributed by atoms with van der Waals surface area (Å²) in [6, 6.07) is 0. The quantitative estimate of drug-likeness (QED) is 0.721. The second-order valence-electron chi connectivity index (χ2n) is 4.15. The average Bonchev–Trinajstić information content (AvgIpc) is 2.48. The van der Waals surface area contributed by atoms with E-state index in [4.69, 9.17) is 0 Å². The van der Waals surface area contributed by atoms with Gasteiger partial charge in [-0.3, -0.25) is 0 Å². The van der Waals surface area contributed by atoms with Crippen LogP contribution in [0.25, 0.3) is 0 Å². The molecule has 1 aliphatic heterocycles. The molecule has 1 aromatic heterocycles. The van der Waals surface area contributed by atoms with Gasteiger partial charge in [0.15, 0.2) is 5.03 Å². The molecule has 84 valence electrons. The van der Waals surface area contributed by atoms with Crippen LogP contribution in [-0.4, -0.2) is 46.1 Å². The van der Waals surface area contributed by atoms with E-state index in [9.17, 15) is 13.5 Å². The van der Waals surface area contributed by atoms with E-state index in [1.165, 1.54) is 16.8 Å². The Hall–Kier alpha value is -0.920. The molecule has 0 aromatic carbocycles. The lowest BCUT2D eigenvalue weighted by Gasteiger charge is -2.42. The number of hydrogen-bond acceptors (Lipinski definition) is 4. The molecule has 6 nitrogen and oxygen atoms in total. The van der Waals surface area contributed by atoms with Gasteiger partial charge in [-0.1, -0.05) is 0 Å². The van der Waals surface area contributed by atoms with Crippen LogP contribution in [0.5, 0.6) is 0 Å².